The third-order valence-corrected chi connectivity index (χ3v) is 2.17. The number of nitriles is 1. The van der Waals surface area contributed by atoms with Crippen LogP contribution in [-0.4, -0.2) is 7.11 Å². The van der Waals surface area contributed by atoms with Gasteiger partial charge in [0.1, 0.15) is 5.82 Å². The molecule has 0 fully saturated rings. The molecular formula is C11H11F2NO. The lowest BCUT2D eigenvalue weighted by Crippen LogP contribution is -2.16. The number of nitrogens with zero attached hydrogens (tertiary/aromatic N) is 1. The Hall–Kier alpha value is -1.63. The summed E-state index contributed by atoms with van der Waals surface area (Å²) >= 11 is 0. The van der Waals surface area contributed by atoms with Gasteiger partial charge in [-0.25, -0.2) is 8.78 Å². The Morgan fingerprint density at radius 2 is 1.93 bits per heavy atom. The number of methoxy groups -OCH3 is 1. The molecule has 1 aromatic carbocycles. The molecule has 0 saturated carbocycles. The molecule has 0 unspecified atom stereocenters. The van der Waals surface area contributed by atoms with E-state index in [2.05, 4.69) is 0 Å². The minimum absolute atomic E-state index is 0.0806. The monoisotopic (exact) mass is 211 g/mol. The lowest BCUT2D eigenvalue weighted by molar-refractivity contribution is 0.372. The first-order valence-corrected chi connectivity index (χ1v) is 4.37. The molecular weight excluding hydrogens is 200 g/mol. The summed E-state index contributed by atoms with van der Waals surface area (Å²) in [7, 11) is 1.28. The summed E-state index contributed by atoms with van der Waals surface area (Å²) in [6, 6.07) is 3.82. The average Bonchev–Trinajstić information content (AvgIpc) is 2.16. The van der Waals surface area contributed by atoms with Gasteiger partial charge in [-0.3, -0.25) is 0 Å². The van der Waals surface area contributed by atoms with Crippen molar-refractivity contribution < 1.29 is 13.5 Å². The Bertz CT molecular complexity index is 421. The van der Waals surface area contributed by atoms with E-state index in [0.29, 0.717) is 0 Å². The second kappa shape index (κ2) is 3.85. The molecule has 0 heterocycles. The molecule has 0 aromatic heterocycles. The van der Waals surface area contributed by atoms with E-state index in [0.717, 1.165) is 12.1 Å². The molecule has 0 atom stereocenters. The summed E-state index contributed by atoms with van der Waals surface area (Å²) in [4.78, 5) is 0. The molecule has 0 saturated heterocycles. The second-order valence-electron chi connectivity index (χ2n) is 3.71. The van der Waals surface area contributed by atoms with Crippen LogP contribution in [0.15, 0.2) is 12.1 Å². The molecule has 0 aliphatic heterocycles. The first-order valence-electron chi connectivity index (χ1n) is 4.37. The number of benzene rings is 1. The van der Waals surface area contributed by atoms with Crippen molar-refractivity contribution in [3.8, 4) is 11.8 Å². The zero-order valence-corrected chi connectivity index (χ0v) is 8.77. The minimum Gasteiger partial charge on any atom is -0.493 e. The number of halogens is 2. The van der Waals surface area contributed by atoms with Gasteiger partial charge in [0.05, 0.1) is 18.6 Å². The van der Waals surface area contributed by atoms with Crippen LogP contribution in [0.5, 0.6) is 5.75 Å². The summed E-state index contributed by atoms with van der Waals surface area (Å²) in [5.41, 5.74) is -0.779. The highest BCUT2D eigenvalue weighted by Crippen LogP contribution is 2.33. The van der Waals surface area contributed by atoms with Crippen molar-refractivity contribution >= 4 is 0 Å². The number of ether oxygens (including phenoxy) is 1. The highest BCUT2D eigenvalue weighted by molar-refractivity contribution is 5.43. The van der Waals surface area contributed by atoms with Gasteiger partial charge in [-0.05, 0) is 19.9 Å². The molecule has 0 N–H and O–H groups in total. The van der Waals surface area contributed by atoms with Crippen LogP contribution in [0.4, 0.5) is 8.78 Å². The highest BCUT2D eigenvalue weighted by atomic mass is 19.1. The van der Waals surface area contributed by atoms with Gasteiger partial charge in [0.2, 0.25) is 0 Å². The van der Waals surface area contributed by atoms with Gasteiger partial charge in [-0.2, -0.15) is 5.26 Å². The molecule has 0 radical (unpaired) electrons. The predicted octanol–water partition coefficient (Wildman–Crippen LogP) is 2.77. The van der Waals surface area contributed by atoms with E-state index in [1.807, 2.05) is 6.07 Å². The molecule has 1 aromatic rings. The number of rotatable bonds is 2. The Labute approximate surface area is 87.1 Å². The normalized spacial score (nSPS) is 10.9. The standard InChI is InChI=1S/C11H11F2NO/c1-11(2,6-14)8-4-7(12)5-9(13)10(8)15-3/h4-5H,1-3H3. The van der Waals surface area contributed by atoms with Crippen LogP contribution in [0.25, 0.3) is 0 Å². The quantitative estimate of drug-likeness (QED) is 0.753. The van der Waals surface area contributed by atoms with Crippen molar-refractivity contribution in [2.45, 2.75) is 19.3 Å². The summed E-state index contributed by atoms with van der Waals surface area (Å²) in [5.74, 6) is -1.59. The Morgan fingerprint density at radius 1 is 1.33 bits per heavy atom. The fraction of sp³-hybridized carbons (Fsp3) is 0.364. The van der Waals surface area contributed by atoms with Crippen molar-refractivity contribution in [1.29, 1.82) is 5.26 Å². The van der Waals surface area contributed by atoms with E-state index in [9.17, 15) is 8.78 Å². The van der Waals surface area contributed by atoms with Gasteiger partial charge in [0.25, 0.3) is 0 Å². The van der Waals surface area contributed by atoms with Crippen LogP contribution in [-0.2, 0) is 5.41 Å². The number of hydrogen-bond acceptors (Lipinski definition) is 2. The maximum Gasteiger partial charge on any atom is 0.168 e. The zero-order valence-electron chi connectivity index (χ0n) is 8.77. The van der Waals surface area contributed by atoms with Crippen LogP contribution in [0.3, 0.4) is 0 Å². The maximum atomic E-state index is 13.3. The van der Waals surface area contributed by atoms with Crippen molar-refractivity contribution in [2.75, 3.05) is 7.11 Å². The van der Waals surface area contributed by atoms with E-state index in [1.165, 1.54) is 7.11 Å². The van der Waals surface area contributed by atoms with E-state index in [4.69, 9.17) is 10.00 Å². The Kier molecular flexibility index (Phi) is 2.94. The van der Waals surface area contributed by atoms with Gasteiger partial charge in [-0.15, -0.1) is 0 Å². The second-order valence-corrected chi connectivity index (χ2v) is 3.71. The third-order valence-electron chi connectivity index (χ3n) is 2.17. The maximum absolute atomic E-state index is 13.3. The molecule has 0 spiro atoms. The minimum atomic E-state index is -0.992. The largest absolute Gasteiger partial charge is 0.493 e. The fourth-order valence-electron chi connectivity index (χ4n) is 1.29. The van der Waals surface area contributed by atoms with Gasteiger partial charge in [-0.1, -0.05) is 0 Å². The van der Waals surface area contributed by atoms with Gasteiger partial charge >= 0.3 is 0 Å². The zero-order chi connectivity index (χ0) is 11.6. The average molecular weight is 211 g/mol. The number of hydrogen-bond donors (Lipinski definition) is 0. The van der Waals surface area contributed by atoms with E-state index >= 15 is 0 Å². The fourth-order valence-corrected chi connectivity index (χ4v) is 1.29. The van der Waals surface area contributed by atoms with Crippen LogP contribution in [0.2, 0.25) is 0 Å². The van der Waals surface area contributed by atoms with E-state index < -0.39 is 17.0 Å². The van der Waals surface area contributed by atoms with Crippen LogP contribution >= 0.6 is 0 Å². The first-order chi connectivity index (χ1) is 6.92. The Morgan fingerprint density at radius 3 is 2.40 bits per heavy atom. The van der Waals surface area contributed by atoms with Crippen LogP contribution < -0.4 is 4.74 Å². The SMILES string of the molecule is COc1c(F)cc(F)cc1C(C)(C)C#N. The lowest BCUT2D eigenvalue weighted by Gasteiger charge is -2.19. The molecule has 80 valence electrons. The lowest BCUT2D eigenvalue weighted by atomic mass is 9.85. The van der Waals surface area contributed by atoms with Crippen molar-refractivity contribution in [2.24, 2.45) is 0 Å². The van der Waals surface area contributed by atoms with E-state index in [1.54, 1.807) is 13.8 Å². The molecule has 0 aliphatic carbocycles. The topological polar surface area (TPSA) is 33.0 Å². The van der Waals surface area contributed by atoms with Crippen molar-refractivity contribution in [3.63, 3.8) is 0 Å². The first kappa shape index (κ1) is 11.4. The van der Waals surface area contributed by atoms with Gasteiger partial charge < -0.3 is 4.74 Å². The molecule has 0 amide bonds. The summed E-state index contributed by atoms with van der Waals surface area (Å²) < 4.78 is 31.1. The molecule has 0 aliphatic rings. The highest BCUT2D eigenvalue weighted by Gasteiger charge is 2.27. The van der Waals surface area contributed by atoms with E-state index in [-0.39, 0.29) is 11.3 Å². The van der Waals surface area contributed by atoms with Crippen LogP contribution in [0.1, 0.15) is 19.4 Å². The summed E-state index contributed by atoms with van der Waals surface area (Å²) in [6.45, 7) is 3.15. The summed E-state index contributed by atoms with van der Waals surface area (Å²) in [5, 5.41) is 8.90. The van der Waals surface area contributed by atoms with Gasteiger partial charge in [0, 0.05) is 11.6 Å². The molecule has 1 rings (SSSR count). The molecule has 15 heavy (non-hydrogen) atoms. The molecule has 4 heteroatoms. The van der Waals surface area contributed by atoms with Crippen LogP contribution in [0, 0.1) is 23.0 Å². The van der Waals surface area contributed by atoms with Gasteiger partial charge in [0.15, 0.2) is 11.6 Å². The summed E-state index contributed by atoms with van der Waals surface area (Å²) in [6.07, 6.45) is 0. The molecule has 2 nitrogen and oxygen atoms in total. The van der Waals surface area contributed by atoms with Crippen molar-refractivity contribution in [1.82, 2.24) is 0 Å². The van der Waals surface area contributed by atoms with Crippen molar-refractivity contribution in [3.05, 3.63) is 29.3 Å². The smallest absolute Gasteiger partial charge is 0.168 e. The Balaban J connectivity index is 3.47. The third kappa shape index (κ3) is 2.07. The predicted molar refractivity (Wildman–Crippen MR) is 51.5 cm³/mol. The molecule has 0 bridgehead atoms.